The van der Waals surface area contributed by atoms with Crippen LogP contribution in [0.4, 0.5) is 4.79 Å². The Morgan fingerprint density at radius 1 is 1.03 bits per heavy atom. The van der Waals surface area contributed by atoms with Crippen molar-refractivity contribution in [2.45, 2.75) is 12.6 Å². The number of halogens is 1. The van der Waals surface area contributed by atoms with Crippen molar-refractivity contribution in [1.29, 1.82) is 0 Å². The molecular weight excluding hydrogens is 402 g/mol. The van der Waals surface area contributed by atoms with Gasteiger partial charge in [0, 0.05) is 23.3 Å². The Balaban J connectivity index is 1.67. The summed E-state index contributed by atoms with van der Waals surface area (Å²) in [6.07, 6.45) is 2.53. The van der Waals surface area contributed by atoms with Crippen LogP contribution in [-0.4, -0.2) is 21.2 Å². The van der Waals surface area contributed by atoms with E-state index in [2.05, 4.69) is 15.3 Å². The number of phenolic OH excluding ortho intramolecular Hbond substituents is 1. The predicted molar refractivity (Wildman–Crippen MR) is 114 cm³/mol. The van der Waals surface area contributed by atoms with Gasteiger partial charge in [0.1, 0.15) is 23.9 Å². The molecule has 0 spiro atoms. The standard InChI is InChI=1S/C23H18ClN3O3/c24-18-13-17(22(28)21-16(18)9-6-12-26-21)20(19-10-4-5-11-25-19)27-23(29)30-14-15-7-2-1-3-8-15/h1-13,20,28H,14H2,(H,27,29). The number of benzene rings is 2. The number of ether oxygens (including phenoxy) is 1. The van der Waals surface area contributed by atoms with Crippen molar-refractivity contribution < 1.29 is 14.6 Å². The molecule has 0 saturated heterocycles. The molecule has 1 unspecified atom stereocenters. The van der Waals surface area contributed by atoms with E-state index in [1.165, 1.54) is 0 Å². The second-order valence-electron chi connectivity index (χ2n) is 6.59. The smallest absolute Gasteiger partial charge is 0.408 e. The summed E-state index contributed by atoms with van der Waals surface area (Å²) in [5.41, 5.74) is 2.11. The normalized spacial score (nSPS) is 11.8. The number of carbonyl (C=O) groups excluding carboxylic acids is 1. The van der Waals surface area contributed by atoms with Crippen LogP contribution in [0.25, 0.3) is 10.9 Å². The highest BCUT2D eigenvalue weighted by Crippen LogP contribution is 2.37. The van der Waals surface area contributed by atoms with E-state index >= 15 is 0 Å². The molecule has 0 aliphatic carbocycles. The van der Waals surface area contributed by atoms with Crippen LogP contribution < -0.4 is 5.32 Å². The number of aromatic hydroxyl groups is 1. The molecule has 2 aromatic carbocycles. The monoisotopic (exact) mass is 419 g/mol. The Morgan fingerprint density at radius 2 is 1.80 bits per heavy atom. The summed E-state index contributed by atoms with van der Waals surface area (Å²) < 4.78 is 5.35. The Labute approximate surface area is 178 Å². The molecule has 7 heteroatoms. The van der Waals surface area contributed by atoms with E-state index in [9.17, 15) is 9.90 Å². The van der Waals surface area contributed by atoms with Crippen LogP contribution in [0.15, 0.2) is 79.1 Å². The lowest BCUT2D eigenvalue weighted by molar-refractivity contribution is 0.137. The molecule has 0 saturated carbocycles. The lowest BCUT2D eigenvalue weighted by Crippen LogP contribution is -2.30. The zero-order valence-electron chi connectivity index (χ0n) is 15.8. The minimum Gasteiger partial charge on any atom is -0.505 e. The van der Waals surface area contributed by atoms with Crippen LogP contribution >= 0.6 is 11.6 Å². The molecule has 0 aliphatic rings. The van der Waals surface area contributed by atoms with Gasteiger partial charge in [0.05, 0.1) is 10.7 Å². The number of phenols is 1. The Morgan fingerprint density at radius 3 is 2.57 bits per heavy atom. The van der Waals surface area contributed by atoms with Crippen LogP contribution in [0.2, 0.25) is 5.02 Å². The predicted octanol–water partition coefficient (Wildman–Crippen LogP) is 5.00. The summed E-state index contributed by atoms with van der Waals surface area (Å²) >= 11 is 6.43. The van der Waals surface area contributed by atoms with Gasteiger partial charge < -0.3 is 15.2 Å². The van der Waals surface area contributed by atoms with E-state index in [0.29, 0.717) is 27.2 Å². The van der Waals surface area contributed by atoms with Gasteiger partial charge in [-0.3, -0.25) is 9.97 Å². The van der Waals surface area contributed by atoms with Crippen molar-refractivity contribution >= 4 is 28.6 Å². The highest BCUT2D eigenvalue weighted by Gasteiger charge is 2.24. The zero-order valence-corrected chi connectivity index (χ0v) is 16.6. The zero-order chi connectivity index (χ0) is 20.9. The third-order valence-electron chi connectivity index (χ3n) is 4.61. The van der Waals surface area contributed by atoms with E-state index in [4.69, 9.17) is 16.3 Å². The number of nitrogens with zero attached hydrogens (tertiary/aromatic N) is 2. The van der Waals surface area contributed by atoms with Crippen LogP contribution in [0, 0.1) is 0 Å². The third-order valence-corrected chi connectivity index (χ3v) is 4.93. The molecule has 0 bridgehead atoms. The molecular formula is C23H18ClN3O3. The van der Waals surface area contributed by atoms with Crippen molar-refractivity contribution in [3.05, 3.63) is 101 Å². The van der Waals surface area contributed by atoms with Crippen molar-refractivity contribution in [2.75, 3.05) is 0 Å². The summed E-state index contributed by atoms with van der Waals surface area (Å²) in [6.45, 7) is 0.119. The Kier molecular flexibility index (Phi) is 5.77. The Bertz CT molecular complexity index is 1170. The van der Waals surface area contributed by atoms with Gasteiger partial charge in [-0.1, -0.05) is 48.0 Å². The molecule has 6 nitrogen and oxygen atoms in total. The maximum absolute atomic E-state index is 12.5. The molecule has 2 N–H and O–H groups in total. The van der Waals surface area contributed by atoms with Gasteiger partial charge in [0.2, 0.25) is 0 Å². The number of fused-ring (bicyclic) bond motifs is 1. The fourth-order valence-electron chi connectivity index (χ4n) is 3.17. The first kappa shape index (κ1) is 19.7. The number of pyridine rings is 2. The number of carbonyl (C=O) groups is 1. The van der Waals surface area contributed by atoms with Gasteiger partial charge in [-0.2, -0.15) is 0 Å². The van der Waals surface area contributed by atoms with Crippen LogP contribution in [0.5, 0.6) is 5.75 Å². The number of aromatic nitrogens is 2. The van der Waals surface area contributed by atoms with Gasteiger partial charge in [-0.05, 0) is 35.9 Å². The molecule has 4 aromatic rings. The molecule has 0 radical (unpaired) electrons. The molecule has 2 aromatic heterocycles. The fraction of sp³-hybridized carbons (Fsp3) is 0.0870. The minimum atomic E-state index is -0.779. The number of nitrogens with one attached hydrogen (secondary N) is 1. The number of alkyl carbamates (subject to hydrolysis) is 1. The fourth-order valence-corrected chi connectivity index (χ4v) is 3.44. The van der Waals surface area contributed by atoms with Gasteiger partial charge >= 0.3 is 6.09 Å². The maximum atomic E-state index is 12.5. The molecule has 1 atom stereocenters. The van der Waals surface area contributed by atoms with Gasteiger partial charge in [0.15, 0.2) is 0 Å². The Hall–Kier alpha value is -3.64. The second kappa shape index (κ2) is 8.80. The van der Waals surface area contributed by atoms with Gasteiger partial charge in [-0.25, -0.2) is 4.79 Å². The van der Waals surface area contributed by atoms with E-state index in [1.54, 1.807) is 48.8 Å². The van der Waals surface area contributed by atoms with Crippen molar-refractivity contribution in [2.24, 2.45) is 0 Å². The van der Waals surface area contributed by atoms with E-state index in [-0.39, 0.29) is 12.4 Å². The average Bonchev–Trinajstić information content (AvgIpc) is 2.80. The molecule has 150 valence electrons. The molecule has 0 fully saturated rings. The minimum absolute atomic E-state index is 0.0750. The lowest BCUT2D eigenvalue weighted by Gasteiger charge is -2.21. The van der Waals surface area contributed by atoms with Gasteiger partial charge in [-0.15, -0.1) is 0 Å². The molecule has 4 rings (SSSR count). The number of rotatable bonds is 5. The molecule has 30 heavy (non-hydrogen) atoms. The topological polar surface area (TPSA) is 84.3 Å². The molecule has 2 heterocycles. The van der Waals surface area contributed by atoms with E-state index in [1.807, 2.05) is 30.3 Å². The number of hydrogen-bond acceptors (Lipinski definition) is 5. The van der Waals surface area contributed by atoms with Crippen LogP contribution in [0.1, 0.15) is 22.9 Å². The van der Waals surface area contributed by atoms with E-state index < -0.39 is 12.1 Å². The van der Waals surface area contributed by atoms with Crippen LogP contribution in [-0.2, 0) is 11.3 Å². The summed E-state index contributed by atoms with van der Waals surface area (Å²) in [7, 11) is 0. The first-order chi connectivity index (χ1) is 14.6. The van der Waals surface area contributed by atoms with Crippen molar-refractivity contribution in [3.63, 3.8) is 0 Å². The van der Waals surface area contributed by atoms with Gasteiger partial charge in [0.25, 0.3) is 0 Å². The first-order valence-corrected chi connectivity index (χ1v) is 9.65. The summed E-state index contributed by atoms with van der Waals surface area (Å²) in [5.74, 6) is -0.0750. The van der Waals surface area contributed by atoms with Crippen molar-refractivity contribution in [3.8, 4) is 5.75 Å². The summed E-state index contributed by atoms with van der Waals surface area (Å²) in [6, 6.07) is 19.0. The first-order valence-electron chi connectivity index (χ1n) is 9.27. The van der Waals surface area contributed by atoms with Crippen LogP contribution in [0.3, 0.4) is 0 Å². The maximum Gasteiger partial charge on any atom is 0.408 e. The molecule has 1 amide bonds. The summed E-state index contributed by atoms with van der Waals surface area (Å²) in [5, 5.41) is 14.7. The lowest BCUT2D eigenvalue weighted by atomic mass is 9.99. The average molecular weight is 420 g/mol. The SMILES string of the molecule is O=C(NC(c1ccccn1)c1cc(Cl)c2cccnc2c1O)OCc1ccccc1. The summed E-state index contributed by atoms with van der Waals surface area (Å²) in [4.78, 5) is 21.1. The highest BCUT2D eigenvalue weighted by molar-refractivity contribution is 6.35. The van der Waals surface area contributed by atoms with Crippen molar-refractivity contribution in [1.82, 2.24) is 15.3 Å². The number of hydrogen-bond donors (Lipinski definition) is 2. The quantitative estimate of drug-likeness (QED) is 0.475. The molecule has 0 aliphatic heterocycles. The second-order valence-corrected chi connectivity index (χ2v) is 7.00. The number of amides is 1. The largest absolute Gasteiger partial charge is 0.505 e. The highest BCUT2D eigenvalue weighted by atomic mass is 35.5. The third kappa shape index (κ3) is 4.18. The van der Waals surface area contributed by atoms with E-state index in [0.717, 1.165) is 5.56 Å².